The first kappa shape index (κ1) is 8.48. The lowest BCUT2D eigenvalue weighted by atomic mass is 9.99. The third-order valence-electron chi connectivity index (χ3n) is 3.03. The highest BCUT2D eigenvalue weighted by Crippen LogP contribution is 2.44. The molecule has 3 atom stereocenters. The van der Waals surface area contributed by atoms with Crippen LogP contribution in [0.1, 0.15) is 33.6 Å². The van der Waals surface area contributed by atoms with E-state index in [1.807, 2.05) is 20.8 Å². The Balaban J connectivity index is 2.25. The molecule has 0 aliphatic carbocycles. The zero-order valence-electron chi connectivity index (χ0n) is 7.83. The molecule has 1 unspecified atom stereocenters. The second-order valence-electron chi connectivity index (χ2n) is 4.53. The summed E-state index contributed by atoms with van der Waals surface area (Å²) in [6.45, 7) is 5.84. The fourth-order valence-electron chi connectivity index (χ4n) is 2.02. The number of hydrogen-bond acceptors (Lipinski definition) is 3. The molecule has 0 aromatic rings. The Hall–Kier alpha value is -0.120. The van der Waals surface area contributed by atoms with Crippen molar-refractivity contribution >= 4 is 0 Å². The molecular weight excluding hydrogens is 156 g/mol. The molecule has 3 heteroatoms. The van der Waals surface area contributed by atoms with Gasteiger partial charge in [0.15, 0.2) is 6.29 Å². The largest absolute Gasteiger partial charge is 0.366 e. The highest BCUT2D eigenvalue weighted by Gasteiger charge is 2.54. The molecule has 3 nitrogen and oxygen atoms in total. The van der Waals surface area contributed by atoms with Crippen molar-refractivity contribution in [2.75, 3.05) is 0 Å². The molecule has 0 saturated carbocycles. The van der Waals surface area contributed by atoms with E-state index in [0.717, 1.165) is 12.8 Å². The number of aliphatic hydroxyl groups is 1. The van der Waals surface area contributed by atoms with Gasteiger partial charge in [0.05, 0.1) is 11.7 Å². The van der Waals surface area contributed by atoms with E-state index >= 15 is 0 Å². The normalized spacial score (nSPS) is 51.0. The first-order chi connectivity index (χ1) is 5.44. The van der Waals surface area contributed by atoms with Crippen molar-refractivity contribution in [3.8, 4) is 0 Å². The molecule has 1 N–H and O–H groups in total. The van der Waals surface area contributed by atoms with Crippen LogP contribution in [0.15, 0.2) is 0 Å². The molecule has 0 spiro atoms. The molecule has 2 aliphatic rings. The van der Waals surface area contributed by atoms with Gasteiger partial charge in [-0.3, -0.25) is 0 Å². The summed E-state index contributed by atoms with van der Waals surface area (Å²) < 4.78 is 11.2. The van der Waals surface area contributed by atoms with E-state index < -0.39 is 11.9 Å². The summed E-state index contributed by atoms with van der Waals surface area (Å²) in [4.78, 5) is 0. The van der Waals surface area contributed by atoms with Gasteiger partial charge in [-0.15, -0.1) is 0 Å². The summed E-state index contributed by atoms with van der Waals surface area (Å²) in [7, 11) is 0. The maximum absolute atomic E-state index is 9.64. The van der Waals surface area contributed by atoms with Gasteiger partial charge in [0.1, 0.15) is 5.60 Å². The van der Waals surface area contributed by atoms with Crippen LogP contribution in [0, 0.1) is 0 Å². The lowest BCUT2D eigenvalue weighted by Crippen LogP contribution is -2.55. The number of hydrogen-bond donors (Lipinski definition) is 1. The van der Waals surface area contributed by atoms with Gasteiger partial charge >= 0.3 is 0 Å². The Bertz CT molecular complexity index is 202. The van der Waals surface area contributed by atoms with Gasteiger partial charge in [-0.2, -0.15) is 0 Å². The molecule has 0 aromatic heterocycles. The fourth-order valence-corrected chi connectivity index (χ4v) is 2.02. The van der Waals surface area contributed by atoms with Crippen molar-refractivity contribution in [2.45, 2.75) is 57.2 Å². The van der Waals surface area contributed by atoms with Crippen LogP contribution < -0.4 is 0 Å². The van der Waals surface area contributed by atoms with E-state index in [1.54, 1.807) is 0 Å². The predicted octanol–water partition coefficient (Wildman–Crippen LogP) is 1.05. The van der Waals surface area contributed by atoms with E-state index in [0.29, 0.717) is 0 Å². The molecule has 0 amide bonds. The predicted molar refractivity (Wildman–Crippen MR) is 43.7 cm³/mol. The van der Waals surface area contributed by atoms with Crippen LogP contribution >= 0.6 is 0 Å². The molecule has 0 radical (unpaired) electrons. The van der Waals surface area contributed by atoms with Crippen molar-refractivity contribution in [3.63, 3.8) is 0 Å². The Morgan fingerprint density at radius 1 is 1.25 bits per heavy atom. The quantitative estimate of drug-likeness (QED) is 0.593. The number of ether oxygens (including phenoxy) is 2. The standard InChI is InChI=1S/C9H16O3/c1-8(2)6-4-5-9(3,11-6)7(10)12-8/h6-7,10H,4-5H2,1-3H3/t6-,7?,9+/m1/s1. The van der Waals surface area contributed by atoms with Gasteiger partial charge in [0, 0.05) is 0 Å². The van der Waals surface area contributed by atoms with E-state index in [2.05, 4.69) is 0 Å². The van der Waals surface area contributed by atoms with Crippen molar-refractivity contribution in [2.24, 2.45) is 0 Å². The average molecular weight is 172 g/mol. The van der Waals surface area contributed by atoms with E-state index in [1.165, 1.54) is 0 Å². The van der Waals surface area contributed by atoms with Gasteiger partial charge in [0.25, 0.3) is 0 Å². The number of fused-ring (bicyclic) bond motifs is 2. The minimum absolute atomic E-state index is 0.144. The second-order valence-corrected chi connectivity index (χ2v) is 4.53. The summed E-state index contributed by atoms with van der Waals surface area (Å²) in [5.41, 5.74) is -0.796. The summed E-state index contributed by atoms with van der Waals surface area (Å²) in [5.74, 6) is 0. The van der Waals surface area contributed by atoms with E-state index in [-0.39, 0.29) is 11.7 Å². The summed E-state index contributed by atoms with van der Waals surface area (Å²) in [6, 6.07) is 0. The van der Waals surface area contributed by atoms with Gasteiger partial charge in [-0.25, -0.2) is 0 Å². The first-order valence-electron chi connectivity index (χ1n) is 4.48. The van der Waals surface area contributed by atoms with Crippen molar-refractivity contribution in [1.82, 2.24) is 0 Å². The molecule has 0 aromatic carbocycles. The maximum atomic E-state index is 9.64. The van der Waals surface area contributed by atoms with Crippen molar-refractivity contribution < 1.29 is 14.6 Å². The van der Waals surface area contributed by atoms with E-state index in [9.17, 15) is 5.11 Å². The van der Waals surface area contributed by atoms with Crippen LogP contribution in [0.25, 0.3) is 0 Å². The highest BCUT2D eigenvalue weighted by atomic mass is 16.7. The van der Waals surface area contributed by atoms with Gasteiger partial charge in [-0.05, 0) is 33.6 Å². The Morgan fingerprint density at radius 2 is 1.92 bits per heavy atom. The molecule has 2 fully saturated rings. The van der Waals surface area contributed by atoms with Crippen LogP contribution in [0.2, 0.25) is 0 Å². The fraction of sp³-hybridized carbons (Fsp3) is 1.00. The first-order valence-corrected chi connectivity index (χ1v) is 4.48. The summed E-state index contributed by atoms with van der Waals surface area (Å²) in [6.07, 6.45) is 1.25. The third-order valence-corrected chi connectivity index (χ3v) is 3.03. The molecule has 2 heterocycles. The van der Waals surface area contributed by atoms with Gasteiger partial charge in [0.2, 0.25) is 0 Å². The molecule has 2 rings (SSSR count). The summed E-state index contributed by atoms with van der Waals surface area (Å²) in [5, 5.41) is 9.64. The van der Waals surface area contributed by atoms with Crippen LogP contribution in [0.4, 0.5) is 0 Å². The van der Waals surface area contributed by atoms with Crippen molar-refractivity contribution in [1.29, 1.82) is 0 Å². The van der Waals surface area contributed by atoms with Gasteiger partial charge in [-0.1, -0.05) is 0 Å². The molecule has 12 heavy (non-hydrogen) atoms. The Labute approximate surface area is 72.7 Å². The minimum Gasteiger partial charge on any atom is -0.366 e. The zero-order valence-corrected chi connectivity index (χ0v) is 7.83. The Morgan fingerprint density at radius 3 is 2.58 bits per heavy atom. The topological polar surface area (TPSA) is 38.7 Å². The number of rotatable bonds is 0. The van der Waals surface area contributed by atoms with Crippen molar-refractivity contribution in [3.05, 3.63) is 0 Å². The number of aliphatic hydroxyl groups excluding tert-OH is 1. The zero-order chi connectivity index (χ0) is 8.98. The molecule has 70 valence electrons. The van der Waals surface area contributed by atoms with E-state index in [4.69, 9.17) is 9.47 Å². The molecular formula is C9H16O3. The van der Waals surface area contributed by atoms with Gasteiger partial charge < -0.3 is 14.6 Å². The van der Waals surface area contributed by atoms with Crippen LogP contribution in [0.5, 0.6) is 0 Å². The average Bonchev–Trinajstić information content (AvgIpc) is 2.28. The maximum Gasteiger partial charge on any atom is 0.184 e. The highest BCUT2D eigenvalue weighted by molar-refractivity contribution is 4.99. The summed E-state index contributed by atoms with van der Waals surface area (Å²) >= 11 is 0. The van der Waals surface area contributed by atoms with Crippen LogP contribution in [-0.4, -0.2) is 28.7 Å². The molecule has 2 aliphatic heterocycles. The minimum atomic E-state index is -0.772. The lowest BCUT2D eigenvalue weighted by molar-refractivity contribution is -0.325. The SMILES string of the molecule is CC1(C)OC(O)[C@]2(C)CC[C@H]1O2. The Kier molecular flexibility index (Phi) is 1.57. The van der Waals surface area contributed by atoms with Crippen LogP contribution in [0.3, 0.4) is 0 Å². The molecule has 2 bridgehead atoms. The second kappa shape index (κ2) is 2.22. The monoisotopic (exact) mass is 172 g/mol. The third kappa shape index (κ3) is 1.00. The molecule has 2 saturated heterocycles. The smallest absolute Gasteiger partial charge is 0.184 e. The lowest BCUT2D eigenvalue weighted by Gasteiger charge is -2.43. The van der Waals surface area contributed by atoms with Crippen LogP contribution in [-0.2, 0) is 9.47 Å².